The summed E-state index contributed by atoms with van der Waals surface area (Å²) in [6.07, 6.45) is 8.58. The Morgan fingerprint density at radius 1 is 1.22 bits per heavy atom. The molecule has 2 aliphatic rings. The number of carbonyl (C=O) groups is 2. The Morgan fingerprint density at radius 2 is 1.97 bits per heavy atom. The summed E-state index contributed by atoms with van der Waals surface area (Å²) in [5.41, 5.74) is 0.866. The number of rotatable bonds is 8. The second-order valence-corrected chi connectivity index (χ2v) is 10.5. The molecule has 1 N–H and O–H groups in total. The van der Waals surface area contributed by atoms with Crippen molar-refractivity contribution >= 4 is 33.4 Å². The van der Waals surface area contributed by atoms with Gasteiger partial charge in [0.05, 0.1) is 16.8 Å². The summed E-state index contributed by atoms with van der Waals surface area (Å²) in [7, 11) is 0. The summed E-state index contributed by atoms with van der Waals surface area (Å²) >= 11 is 1.75. The minimum Gasteiger partial charge on any atom is -0.382 e. The highest BCUT2D eigenvalue weighted by atomic mass is 32.1. The highest BCUT2D eigenvalue weighted by Crippen LogP contribution is 2.36. The monoisotopic (exact) mass is 459 g/mol. The highest BCUT2D eigenvalue weighted by Gasteiger charge is 2.48. The van der Waals surface area contributed by atoms with Gasteiger partial charge < -0.3 is 19.5 Å². The van der Waals surface area contributed by atoms with Crippen LogP contribution in [0.3, 0.4) is 0 Å². The van der Waals surface area contributed by atoms with E-state index in [0.717, 1.165) is 48.7 Å². The first-order valence-electron chi connectivity index (χ1n) is 12.3. The lowest BCUT2D eigenvalue weighted by atomic mass is 9.93. The first-order chi connectivity index (χ1) is 15.5. The van der Waals surface area contributed by atoms with Gasteiger partial charge in [0.25, 0.3) is 5.91 Å². The third kappa shape index (κ3) is 4.46. The zero-order valence-corrected chi connectivity index (χ0v) is 20.6. The second kappa shape index (κ2) is 9.96. The molecule has 1 fully saturated rings. The molecule has 0 aromatic carbocycles. The van der Waals surface area contributed by atoms with Crippen molar-refractivity contribution in [2.45, 2.75) is 90.3 Å². The molecule has 6 nitrogen and oxygen atoms in total. The molecule has 176 valence electrons. The third-order valence-electron chi connectivity index (χ3n) is 7.07. The fourth-order valence-electron chi connectivity index (χ4n) is 5.15. The van der Waals surface area contributed by atoms with Gasteiger partial charge >= 0.3 is 0 Å². The van der Waals surface area contributed by atoms with Crippen molar-refractivity contribution in [2.75, 3.05) is 19.8 Å². The fraction of sp³-hybridized carbons (Fsp3) is 0.680. The van der Waals surface area contributed by atoms with Crippen molar-refractivity contribution in [3.63, 3.8) is 0 Å². The predicted octanol–water partition coefficient (Wildman–Crippen LogP) is 4.75. The lowest BCUT2D eigenvalue weighted by molar-refractivity contribution is -0.133. The number of aryl methyl sites for hydroxylation is 1. The van der Waals surface area contributed by atoms with Crippen molar-refractivity contribution in [1.29, 1.82) is 0 Å². The molecule has 0 radical (unpaired) electrons. The van der Waals surface area contributed by atoms with Crippen molar-refractivity contribution in [1.82, 2.24) is 14.8 Å². The van der Waals surface area contributed by atoms with E-state index < -0.39 is 5.54 Å². The van der Waals surface area contributed by atoms with Crippen LogP contribution in [-0.4, -0.2) is 52.6 Å². The quantitative estimate of drug-likeness (QED) is 0.458. The molecular weight excluding hydrogens is 422 g/mol. The second-order valence-electron chi connectivity index (χ2n) is 9.37. The lowest BCUT2D eigenvalue weighted by Crippen LogP contribution is -2.65. The van der Waals surface area contributed by atoms with Crippen LogP contribution in [0, 0.1) is 0 Å². The average Bonchev–Trinajstić information content (AvgIpc) is 3.22. The first-order valence-corrected chi connectivity index (χ1v) is 13.1. The predicted molar refractivity (Wildman–Crippen MR) is 129 cm³/mol. The average molecular weight is 460 g/mol. The summed E-state index contributed by atoms with van der Waals surface area (Å²) in [4.78, 5) is 30.5. The molecule has 0 spiro atoms. The van der Waals surface area contributed by atoms with Gasteiger partial charge in [-0.1, -0.05) is 32.6 Å². The molecule has 1 aliphatic heterocycles. The summed E-state index contributed by atoms with van der Waals surface area (Å²) in [5, 5.41) is 3.33. The number of carbonyl (C=O) groups excluding carboxylic acids is 2. The van der Waals surface area contributed by atoms with E-state index >= 15 is 0 Å². The maximum Gasteiger partial charge on any atom is 0.271 e. The van der Waals surface area contributed by atoms with Gasteiger partial charge in [0.1, 0.15) is 11.2 Å². The van der Waals surface area contributed by atoms with E-state index in [-0.39, 0.29) is 17.9 Å². The fourth-order valence-corrected chi connectivity index (χ4v) is 6.19. The normalized spacial score (nSPS) is 22.2. The van der Waals surface area contributed by atoms with Crippen LogP contribution in [0.15, 0.2) is 12.1 Å². The van der Waals surface area contributed by atoms with Crippen LogP contribution in [0.25, 0.3) is 10.2 Å². The summed E-state index contributed by atoms with van der Waals surface area (Å²) in [6.45, 7) is 8.33. The van der Waals surface area contributed by atoms with Crippen LogP contribution in [0.1, 0.15) is 81.1 Å². The van der Waals surface area contributed by atoms with Gasteiger partial charge in [-0.15, -0.1) is 11.3 Å². The van der Waals surface area contributed by atoms with Crippen LogP contribution in [0.2, 0.25) is 0 Å². The molecule has 2 aromatic heterocycles. The Hall–Kier alpha value is -1.86. The number of amides is 2. The van der Waals surface area contributed by atoms with Crippen LogP contribution in [0.5, 0.6) is 0 Å². The van der Waals surface area contributed by atoms with E-state index in [1.54, 1.807) is 16.2 Å². The number of aromatic nitrogens is 1. The lowest BCUT2D eigenvalue weighted by Gasteiger charge is -2.44. The zero-order chi connectivity index (χ0) is 22.7. The number of nitrogens with one attached hydrogen (secondary N) is 1. The molecule has 1 saturated carbocycles. The van der Waals surface area contributed by atoms with Crippen molar-refractivity contribution in [2.24, 2.45) is 0 Å². The van der Waals surface area contributed by atoms with E-state index in [1.807, 2.05) is 19.9 Å². The minimum atomic E-state index is -0.914. The number of fused-ring (bicyclic) bond motifs is 3. The number of hydrogen-bond donors (Lipinski definition) is 1. The van der Waals surface area contributed by atoms with Gasteiger partial charge in [0.15, 0.2) is 0 Å². The Kier molecular flexibility index (Phi) is 7.25. The maximum absolute atomic E-state index is 13.7. The molecule has 7 heteroatoms. The van der Waals surface area contributed by atoms with Gasteiger partial charge in [-0.2, -0.15) is 0 Å². The number of ether oxygens (including phenoxy) is 1. The molecule has 1 aliphatic carbocycles. The Labute approximate surface area is 195 Å². The van der Waals surface area contributed by atoms with E-state index in [0.29, 0.717) is 32.0 Å². The molecule has 0 saturated heterocycles. The molecule has 1 atom stereocenters. The van der Waals surface area contributed by atoms with Crippen molar-refractivity contribution in [3.05, 3.63) is 22.7 Å². The SMILES string of the molecule is CCOCCCN1C(=O)c2cc3sc(CC)cc3n2C[C@@]1(C)C(=O)NC1CCCCCC1. The number of thiophene rings is 1. The maximum atomic E-state index is 13.7. The van der Waals surface area contributed by atoms with Gasteiger partial charge in [0.2, 0.25) is 5.91 Å². The molecular formula is C25H37N3O3S. The topological polar surface area (TPSA) is 63.6 Å². The minimum absolute atomic E-state index is 0.0207. The standard InChI is InChI=1S/C25H37N3O3S/c1-4-19-15-20-22(32-19)16-21-23(29)28(13-10-14-31-5-2)25(3,17-27(20)21)24(30)26-18-11-8-6-7-9-12-18/h15-16,18H,4-14,17H2,1-3H3,(H,26,30)/t25-/m0/s1. The van der Waals surface area contributed by atoms with E-state index in [4.69, 9.17) is 4.74 Å². The van der Waals surface area contributed by atoms with Crippen LogP contribution >= 0.6 is 11.3 Å². The van der Waals surface area contributed by atoms with Crippen LogP contribution < -0.4 is 5.32 Å². The van der Waals surface area contributed by atoms with Crippen LogP contribution in [-0.2, 0) is 22.5 Å². The van der Waals surface area contributed by atoms with Gasteiger partial charge in [-0.25, -0.2) is 0 Å². The van der Waals surface area contributed by atoms with E-state index in [2.05, 4.69) is 22.9 Å². The molecule has 4 rings (SSSR count). The zero-order valence-electron chi connectivity index (χ0n) is 19.7. The Bertz CT molecular complexity index is 957. The first kappa shape index (κ1) is 23.3. The molecule has 3 heterocycles. The van der Waals surface area contributed by atoms with Gasteiger partial charge in [-0.05, 0) is 51.7 Å². The van der Waals surface area contributed by atoms with Crippen molar-refractivity contribution in [3.8, 4) is 0 Å². The summed E-state index contributed by atoms with van der Waals surface area (Å²) in [5.74, 6) is -0.0692. The van der Waals surface area contributed by atoms with Gasteiger partial charge in [0, 0.05) is 30.7 Å². The third-order valence-corrected chi connectivity index (χ3v) is 8.28. The largest absolute Gasteiger partial charge is 0.382 e. The molecule has 32 heavy (non-hydrogen) atoms. The van der Waals surface area contributed by atoms with E-state index in [9.17, 15) is 9.59 Å². The Morgan fingerprint density at radius 3 is 2.66 bits per heavy atom. The summed E-state index contributed by atoms with van der Waals surface area (Å²) < 4.78 is 8.73. The smallest absolute Gasteiger partial charge is 0.271 e. The molecule has 0 bridgehead atoms. The molecule has 2 amide bonds. The number of nitrogens with zero attached hydrogens (tertiary/aromatic N) is 2. The highest BCUT2D eigenvalue weighted by molar-refractivity contribution is 7.19. The number of hydrogen-bond acceptors (Lipinski definition) is 4. The molecule has 0 unspecified atom stereocenters. The molecule has 2 aromatic rings. The van der Waals surface area contributed by atoms with E-state index in [1.165, 1.54) is 17.7 Å². The Balaban J connectivity index is 1.64. The van der Waals surface area contributed by atoms with Crippen LogP contribution in [0.4, 0.5) is 0 Å². The summed E-state index contributed by atoms with van der Waals surface area (Å²) in [6, 6.07) is 4.41. The van der Waals surface area contributed by atoms with Crippen molar-refractivity contribution < 1.29 is 14.3 Å². The van der Waals surface area contributed by atoms with Gasteiger partial charge in [-0.3, -0.25) is 9.59 Å².